The number of carbonyl (C=O) groups excluding carboxylic acids is 3. The van der Waals surface area contributed by atoms with Crippen molar-refractivity contribution >= 4 is 53.3 Å². The molecule has 14 heteroatoms. The SMILES string of the molecule is CNCCCC(=O)N=C(N)C(C)CNc1ccc(Cl)c(Cl)c1.COC(C)(C)C.O=CCOCCOCCOCCNC=O. The molecule has 5 N–H and O–H groups in total. The zero-order chi connectivity index (χ0) is 32.9. The number of amides is 2. The third-order valence-corrected chi connectivity index (χ3v) is 5.86. The van der Waals surface area contributed by atoms with Crippen molar-refractivity contribution in [3.8, 4) is 0 Å². The minimum absolute atomic E-state index is 0.0417. The second kappa shape index (κ2) is 28.5. The van der Waals surface area contributed by atoms with E-state index in [9.17, 15) is 14.4 Å². The topological polar surface area (TPSA) is 163 Å². The second-order valence-electron chi connectivity index (χ2n) is 9.90. The highest BCUT2D eigenvalue weighted by Gasteiger charge is 2.10. The summed E-state index contributed by atoms with van der Waals surface area (Å²) in [7, 11) is 3.55. The summed E-state index contributed by atoms with van der Waals surface area (Å²) in [5.41, 5.74) is 6.75. The van der Waals surface area contributed by atoms with Crippen molar-refractivity contribution in [3.63, 3.8) is 0 Å². The van der Waals surface area contributed by atoms with Gasteiger partial charge in [-0.2, -0.15) is 0 Å². The van der Waals surface area contributed by atoms with Crippen LogP contribution in [0.15, 0.2) is 23.2 Å². The largest absolute Gasteiger partial charge is 0.387 e. The molecular formula is C29H51Cl2N5O7. The molecule has 1 aromatic rings. The van der Waals surface area contributed by atoms with Crippen LogP contribution in [0.4, 0.5) is 5.69 Å². The van der Waals surface area contributed by atoms with Gasteiger partial charge in [-0.1, -0.05) is 30.1 Å². The molecule has 248 valence electrons. The molecule has 0 radical (unpaired) electrons. The number of benzene rings is 1. The lowest BCUT2D eigenvalue weighted by atomic mass is 10.1. The molecule has 0 aromatic heterocycles. The van der Waals surface area contributed by atoms with Crippen molar-refractivity contribution in [2.75, 3.05) is 78.7 Å². The molecule has 0 aliphatic heterocycles. The van der Waals surface area contributed by atoms with Crippen molar-refractivity contribution in [2.24, 2.45) is 16.6 Å². The van der Waals surface area contributed by atoms with Gasteiger partial charge in [-0.25, -0.2) is 4.99 Å². The molecule has 0 saturated heterocycles. The number of anilines is 1. The molecule has 0 spiro atoms. The van der Waals surface area contributed by atoms with Crippen LogP contribution in [0.3, 0.4) is 0 Å². The van der Waals surface area contributed by atoms with Crippen LogP contribution in [-0.2, 0) is 33.3 Å². The predicted octanol–water partition coefficient (Wildman–Crippen LogP) is 3.34. The van der Waals surface area contributed by atoms with E-state index < -0.39 is 0 Å². The van der Waals surface area contributed by atoms with Gasteiger partial charge >= 0.3 is 0 Å². The first-order valence-electron chi connectivity index (χ1n) is 14.0. The quantitative estimate of drug-likeness (QED) is 0.0712. The lowest BCUT2D eigenvalue weighted by molar-refractivity contribution is -0.118. The average Bonchev–Trinajstić information content (AvgIpc) is 2.96. The summed E-state index contributed by atoms with van der Waals surface area (Å²) in [6, 6.07) is 5.30. The van der Waals surface area contributed by atoms with E-state index in [0.717, 1.165) is 18.7 Å². The Kier molecular flexibility index (Phi) is 28.3. The second-order valence-corrected chi connectivity index (χ2v) is 10.7. The summed E-state index contributed by atoms with van der Waals surface area (Å²) in [5, 5.41) is 9.65. The summed E-state index contributed by atoms with van der Waals surface area (Å²) < 4.78 is 20.0. The standard InChI is InChI=1S/C15H22Cl2N4O.C9H17NO5.C5H12O/c1-10(15(18)21-14(22)4-3-7-19-2)9-20-11-5-6-12(16)13(17)8-11;11-2-4-14-6-8-15-7-5-13-3-1-10-9-12;1-5(2,3)6-4/h5-6,8,10,19-20H,3-4,7,9H2,1-2H3,(H2,18,21,22);2,9H,1,3-8H2,(H,10,12);1-4H3. The lowest BCUT2D eigenvalue weighted by Crippen LogP contribution is -2.28. The number of aldehydes is 1. The molecule has 1 rings (SSSR count). The number of aliphatic imine (C=N–C) groups is 1. The Morgan fingerprint density at radius 2 is 1.63 bits per heavy atom. The number of rotatable bonds is 20. The highest BCUT2D eigenvalue weighted by molar-refractivity contribution is 6.42. The molecule has 12 nitrogen and oxygen atoms in total. The fourth-order valence-corrected chi connectivity index (χ4v) is 2.77. The van der Waals surface area contributed by atoms with Crippen molar-refractivity contribution in [1.29, 1.82) is 0 Å². The molecule has 0 bridgehead atoms. The van der Waals surface area contributed by atoms with E-state index in [-0.39, 0.29) is 24.0 Å². The number of carbonyl (C=O) groups is 3. The van der Waals surface area contributed by atoms with Gasteiger partial charge in [0.25, 0.3) is 0 Å². The van der Waals surface area contributed by atoms with Crippen molar-refractivity contribution in [1.82, 2.24) is 10.6 Å². The Morgan fingerprint density at radius 3 is 2.16 bits per heavy atom. The van der Waals surface area contributed by atoms with E-state index in [1.807, 2.05) is 40.8 Å². The van der Waals surface area contributed by atoms with Crippen LogP contribution in [0, 0.1) is 5.92 Å². The van der Waals surface area contributed by atoms with E-state index in [1.165, 1.54) is 0 Å². The Balaban J connectivity index is 0. The monoisotopic (exact) mass is 651 g/mol. The Labute approximate surface area is 266 Å². The van der Waals surface area contributed by atoms with E-state index in [1.54, 1.807) is 19.2 Å². The number of halogens is 2. The van der Waals surface area contributed by atoms with Crippen LogP contribution in [0.1, 0.15) is 40.5 Å². The first kappa shape index (κ1) is 42.8. The molecule has 0 aliphatic carbocycles. The fourth-order valence-electron chi connectivity index (χ4n) is 2.47. The van der Waals surface area contributed by atoms with Crippen LogP contribution in [-0.4, -0.2) is 103 Å². The first-order chi connectivity index (χ1) is 20.4. The number of methoxy groups -OCH3 is 1. The van der Waals surface area contributed by atoms with Gasteiger partial charge in [0, 0.05) is 38.2 Å². The smallest absolute Gasteiger partial charge is 0.247 e. The number of ether oxygens (including phenoxy) is 4. The van der Waals surface area contributed by atoms with E-state index in [2.05, 4.69) is 20.9 Å². The fraction of sp³-hybridized carbons (Fsp3) is 0.655. The molecule has 1 aromatic carbocycles. The third-order valence-electron chi connectivity index (χ3n) is 5.12. The van der Waals surface area contributed by atoms with Gasteiger partial charge < -0.3 is 45.4 Å². The van der Waals surface area contributed by atoms with Gasteiger partial charge in [0.2, 0.25) is 12.3 Å². The van der Waals surface area contributed by atoms with Crippen LogP contribution in [0.5, 0.6) is 0 Å². The van der Waals surface area contributed by atoms with Crippen LogP contribution in [0.2, 0.25) is 10.0 Å². The Bertz CT molecular complexity index is 886. The molecule has 1 unspecified atom stereocenters. The lowest BCUT2D eigenvalue weighted by Gasteiger charge is -2.14. The molecule has 0 heterocycles. The number of hydrogen-bond acceptors (Lipinski definition) is 9. The Morgan fingerprint density at radius 1 is 1.02 bits per heavy atom. The third kappa shape index (κ3) is 29.5. The normalized spacial score (nSPS) is 11.8. The molecule has 1 atom stereocenters. The number of nitrogens with zero attached hydrogens (tertiary/aromatic N) is 1. The highest BCUT2D eigenvalue weighted by atomic mass is 35.5. The van der Waals surface area contributed by atoms with E-state index in [0.29, 0.717) is 81.1 Å². The summed E-state index contributed by atoms with van der Waals surface area (Å²) in [6.45, 7) is 12.2. The van der Waals surface area contributed by atoms with Crippen molar-refractivity contribution in [3.05, 3.63) is 28.2 Å². The van der Waals surface area contributed by atoms with Gasteiger partial charge in [-0.15, -0.1) is 0 Å². The summed E-state index contributed by atoms with van der Waals surface area (Å²) in [5.74, 6) is 0.0823. The molecule has 43 heavy (non-hydrogen) atoms. The Hall–Kier alpha value is -2.32. The summed E-state index contributed by atoms with van der Waals surface area (Å²) in [6.07, 6.45) is 2.48. The van der Waals surface area contributed by atoms with Gasteiger partial charge in [0.05, 0.1) is 48.7 Å². The minimum atomic E-state index is -0.186. The van der Waals surface area contributed by atoms with Gasteiger partial charge in [0.1, 0.15) is 18.7 Å². The van der Waals surface area contributed by atoms with Gasteiger partial charge in [-0.05, 0) is 59.0 Å². The highest BCUT2D eigenvalue weighted by Crippen LogP contribution is 2.25. The summed E-state index contributed by atoms with van der Waals surface area (Å²) >= 11 is 11.8. The summed E-state index contributed by atoms with van der Waals surface area (Å²) in [4.78, 5) is 35.3. The number of nitrogens with one attached hydrogen (secondary N) is 3. The maximum atomic E-state index is 11.6. The van der Waals surface area contributed by atoms with Crippen molar-refractivity contribution in [2.45, 2.75) is 46.1 Å². The van der Waals surface area contributed by atoms with Crippen LogP contribution >= 0.6 is 23.2 Å². The number of amidine groups is 1. The number of hydrogen-bond donors (Lipinski definition) is 4. The average molecular weight is 653 g/mol. The first-order valence-corrected chi connectivity index (χ1v) is 14.8. The molecule has 0 fully saturated rings. The zero-order valence-electron chi connectivity index (χ0n) is 26.4. The van der Waals surface area contributed by atoms with E-state index >= 15 is 0 Å². The molecule has 0 aliphatic rings. The zero-order valence-corrected chi connectivity index (χ0v) is 27.9. The molecule has 2 amide bonds. The van der Waals surface area contributed by atoms with Crippen molar-refractivity contribution < 1.29 is 33.3 Å². The molecular weight excluding hydrogens is 601 g/mol. The van der Waals surface area contributed by atoms with Crippen LogP contribution < -0.4 is 21.7 Å². The minimum Gasteiger partial charge on any atom is -0.387 e. The molecule has 0 saturated carbocycles. The van der Waals surface area contributed by atoms with Crippen LogP contribution in [0.25, 0.3) is 0 Å². The predicted molar refractivity (Wildman–Crippen MR) is 173 cm³/mol. The maximum Gasteiger partial charge on any atom is 0.247 e. The van der Waals surface area contributed by atoms with Gasteiger partial charge in [0.15, 0.2) is 0 Å². The maximum absolute atomic E-state index is 11.6. The number of nitrogens with two attached hydrogens (primary N) is 1. The van der Waals surface area contributed by atoms with Gasteiger partial charge in [-0.3, -0.25) is 9.59 Å². The van der Waals surface area contributed by atoms with E-state index in [4.69, 9.17) is 47.9 Å².